The van der Waals surface area contributed by atoms with Crippen LogP contribution in [0.1, 0.15) is 5.76 Å². The molecule has 0 aliphatic heterocycles. The molecule has 3 aromatic rings. The molecule has 0 atom stereocenters. The zero-order valence-electron chi connectivity index (χ0n) is 12.9. The van der Waals surface area contributed by atoms with E-state index in [9.17, 15) is 10.1 Å². The maximum absolute atomic E-state index is 12.1. The summed E-state index contributed by atoms with van der Waals surface area (Å²) in [5.41, 5.74) is 0.733. The lowest BCUT2D eigenvalue weighted by molar-refractivity contribution is -0.869. The maximum atomic E-state index is 12.1. The third-order valence-electron chi connectivity index (χ3n) is 3.26. The summed E-state index contributed by atoms with van der Waals surface area (Å²) in [4.78, 5) is 17.2. The molecule has 0 aliphatic rings. The van der Waals surface area contributed by atoms with Gasteiger partial charge in [-0.25, -0.2) is 4.79 Å². The van der Waals surface area contributed by atoms with Gasteiger partial charge in [-0.2, -0.15) is 10.1 Å². The molecule has 0 fully saturated rings. The van der Waals surface area contributed by atoms with Gasteiger partial charge in [0.25, 0.3) is 0 Å². The van der Waals surface area contributed by atoms with Crippen molar-refractivity contribution >= 4 is 28.0 Å². The number of nitrogens with zero attached hydrogens (tertiary/aromatic N) is 2. The normalized spacial score (nSPS) is 11.0. The zero-order chi connectivity index (χ0) is 17.6. The first-order valence-corrected chi connectivity index (χ1v) is 8.11. The third-order valence-corrected chi connectivity index (χ3v) is 3.79. The van der Waals surface area contributed by atoms with Crippen LogP contribution >= 0.6 is 15.9 Å². The molecule has 0 unspecified atom stereocenters. The average Bonchev–Trinajstić information content (AvgIpc) is 3.09. The fraction of sp³-hybridized carbons (Fsp3) is 0. The minimum absolute atomic E-state index is 0.159. The maximum Gasteiger partial charge on any atom is 0.421 e. The molecule has 0 radical (unpaired) electrons. The topological polar surface area (TPSA) is 67.1 Å². The highest BCUT2D eigenvalue weighted by Gasteiger charge is 2.17. The Labute approximate surface area is 152 Å². The molecule has 0 saturated carbocycles. The highest BCUT2D eigenvalue weighted by atomic mass is 79.9. The minimum atomic E-state index is -0.764. The molecule has 0 amide bonds. The molecule has 1 aromatic carbocycles. The van der Waals surface area contributed by atoms with Crippen molar-refractivity contribution in [2.24, 2.45) is 0 Å². The van der Waals surface area contributed by atoms with E-state index in [1.54, 1.807) is 42.7 Å². The second kappa shape index (κ2) is 7.60. The highest BCUT2D eigenvalue weighted by molar-refractivity contribution is 9.10. The number of hydrogen-bond acceptors (Lipinski definition) is 4. The summed E-state index contributed by atoms with van der Waals surface area (Å²) in [6.07, 6.45) is 4.48. The molecule has 2 aromatic heterocycles. The first kappa shape index (κ1) is 16.7. The van der Waals surface area contributed by atoms with E-state index in [0.717, 1.165) is 10.0 Å². The molecule has 6 heteroatoms. The lowest BCUT2D eigenvalue weighted by Crippen LogP contribution is -2.45. The van der Waals surface area contributed by atoms with Crippen LogP contribution in [-0.2, 0) is 4.79 Å². The zero-order valence-corrected chi connectivity index (χ0v) is 14.5. The second-order valence-electron chi connectivity index (χ2n) is 4.99. The summed E-state index contributed by atoms with van der Waals surface area (Å²) in [5, 5.41) is 9.21. The van der Waals surface area contributed by atoms with Crippen LogP contribution in [0.15, 0.2) is 81.5 Å². The van der Waals surface area contributed by atoms with Crippen LogP contribution in [0.3, 0.4) is 0 Å². The summed E-state index contributed by atoms with van der Waals surface area (Å²) in [7, 11) is 0. The first-order valence-electron chi connectivity index (χ1n) is 7.32. The molecule has 3 rings (SSSR count). The summed E-state index contributed by atoms with van der Waals surface area (Å²) < 4.78 is 7.88. The van der Waals surface area contributed by atoms with Crippen LogP contribution in [0.4, 0.5) is 0 Å². The molecule has 5 nitrogen and oxygen atoms in total. The Balaban J connectivity index is 1.80. The van der Waals surface area contributed by atoms with E-state index < -0.39 is 5.97 Å². The highest BCUT2D eigenvalue weighted by Crippen LogP contribution is 2.25. The van der Waals surface area contributed by atoms with Crippen molar-refractivity contribution in [1.82, 2.24) is 0 Å². The van der Waals surface area contributed by atoms with Crippen molar-refractivity contribution < 1.29 is 18.8 Å². The largest absolute Gasteiger partial charge is 0.457 e. The molecule has 0 aliphatic carbocycles. The summed E-state index contributed by atoms with van der Waals surface area (Å²) in [6, 6.07) is 18.1. The standard InChI is InChI=1S/C19H12BrN2O3/c20-16-6-4-14(5-7-16)18-9-8-17(24-18)12-15(13-21)19(23)25-22-10-2-1-3-11-22/h1-12H/q+1/b15-12+. The van der Waals surface area contributed by atoms with Gasteiger partial charge in [-0.15, -0.1) is 0 Å². The van der Waals surface area contributed by atoms with Gasteiger partial charge in [0.05, 0.1) is 0 Å². The number of aromatic nitrogens is 1. The van der Waals surface area contributed by atoms with Gasteiger partial charge in [0.15, 0.2) is 0 Å². The molecule has 0 spiro atoms. The van der Waals surface area contributed by atoms with Crippen molar-refractivity contribution in [2.75, 3.05) is 0 Å². The number of furan rings is 1. The molecule has 2 heterocycles. The fourth-order valence-corrected chi connectivity index (χ4v) is 2.33. The monoisotopic (exact) mass is 395 g/mol. The summed E-state index contributed by atoms with van der Waals surface area (Å²) in [5.74, 6) is 0.270. The van der Waals surface area contributed by atoms with Gasteiger partial charge in [-0.05, 0) is 24.3 Å². The van der Waals surface area contributed by atoms with Crippen LogP contribution in [0, 0.1) is 11.3 Å². The van der Waals surface area contributed by atoms with E-state index in [1.165, 1.54) is 10.8 Å². The Morgan fingerprint density at radius 3 is 2.52 bits per heavy atom. The Hall–Kier alpha value is -3.17. The molecule has 0 bridgehead atoms. The van der Waals surface area contributed by atoms with Crippen molar-refractivity contribution in [2.45, 2.75) is 0 Å². The molecule has 0 saturated heterocycles. The van der Waals surface area contributed by atoms with Gasteiger partial charge in [0.2, 0.25) is 12.4 Å². The Morgan fingerprint density at radius 1 is 1.12 bits per heavy atom. The molecule has 25 heavy (non-hydrogen) atoms. The average molecular weight is 396 g/mol. The Bertz CT molecular complexity index is 954. The van der Waals surface area contributed by atoms with Crippen LogP contribution in [0.25, 0.3) is 17.4 Å². The number of halogens is 1. The van der Waals surface area contributed by atoms with Crippen molar-refractivity contribution in [3.8, 4) is 17.4 Å². The van der Waals surface area contributed by atoms with Crippen LogP contribution in [0.2, 0.25) is 0 Å². The van der Waals surface area contributed by atoms with E-state index in [0.29, 0.717) is 11.5 Å². The van der Waals surface area contributed by atoms with E-state index in [1.807, 2.05) is 30.3 Å². The minimum Gasteiger partial charge on any atom is -0.457 e. The predicted octanol–water partition coefficient (Wildman–Crippen LogP) is 3.56. The smallest absolute Gasteiger partial charge is 0.421 e. The Kier molecular flexibility index (Phi) is 5.07. The molecular formula is C19H12BrN2O3+. The predicted molar refractivity (Wildman–Crippen MR) is 93.7 cm³/mol. The number of hydrogen-bond donors (Lipinski definition) is 0. The van der Waals surface area contributed by atoms with Crippen molar-refractivity contribution in [3.05, 3.63) is 82.8 Å². The Morgan fingerprint density at radius 2 is 1.84 bits per heavy atom. The lowest BCUT2D eigenvalue weighted by Gasteiger charge is -1.97. The van der Waals surface area contributed by atoms with E-state index in [2.05, 4.69) is 15.9 Å². The van der Waals surface area contributed by atoms with Crippen molar-refractivity contribution in [3.63, 3.8) is 0 Å². The van der Waals surface area contributed by atoms with Gasteiger partial charge < -0.3 is 4.42 Å². The van der Waals surface area contributed by atoms with E-state index in [4.69, 9.17) is 9.25 Å². The van der Waals surface area contributed by atoms with E-state index in [-0.39, 0.29) is 5.57 Å². The van der Waals surface area contributed by atoms with Gasteiger partial charge in [-0.1, -0.05) is 34.1 Å². The number of rotatable bonds is 4. The SMILES string of the molecule is N#C/C(=C\c1ccc(-c2ccc(Br)cc2)o1)C(=O)O[n+]1ccccc1. The first-order chi connectivity index (χ1) is 12.2. The third kappa shape index (κ3) is 4.22. The second-order valence-corrected chi connectivity index (χ2v) is 5.91. The van der Waals surface area contributed by atoms with Crippen LogP contribution in [0.5, 0.6) is 0 Å². The van der Waals surface area contributed by atoms with Gasteiger partial charge in [-0.3, -0.25) is 0 Å². The van der Waals surface area contributed by atoms with Crippen molar-refractivity contribution in [1.29, 1.82) is 5.26 Å². The molecular weight excluding hydrogens is 384 g/mol. The van der Waals surface area contributed by atoms with Gasteiger partial charge in [0.1, 0.15) is 23.2 Å². The number of pyridine rings is 1. The lowest BCUT2D eigenvalue weighted by atomic mass is 10.2. The summed E-state index contributed by atoms with van der Waals surface area (Å²) in [6.45, 7) is 0. The molecule has 0 N–H and O–H groups in total. The molecule has 122 valence electrons. The number of benzene rings is 1. The van der Waals surface area contributed by atoms with Gasteiger partial charge in [0, 0.05) is 33.0 Å². The van der Waals surface area contributed by atoms with E-state index >= 15 is 0 Å². The number of carbonyl (C=O) groups is 1. The summed E-state index contributed by atoms with van der Waals surface area (Å²) >= 11 is 3.38. The van der Waals surface area contributed by atoms with Crippen LogP contribution in [-0.4, -0.2) is 5.97 Å². The number of nitriles is 1. The van der Waals surface area contributed by atoms with Crippen LogP contribution < -0.4 is 9.57 Å². The number of carbonyl (C=O) groups excluding carboxylic acids is 1. The fourth-order valence-electron chi connectivity index (χ4n) is 2.07. The van der Waals surface area contributed by atoms with Gasteiger partial charge >= 0.3 is 5.97 Å². The quantitative estimate of drug-likeness (QED) is 0.384.